The van der Waals surface area contributed by atoms with Crippen molar-refractivity contribution in [2.45, 2.75) is 13.8 Å². The quantitative estimate of drug-likeness (QED) is 0.508. The summed E-state index contributed by atoms with van der Waals surface area (Å²) in [7, 11) is 1.83. The van der Waals surface area contributed by atoms with E-state index in [9.17, 15) is 0 Å². The summed E-state index contributed by atoms with van der Waals surface area (Å²) in [6.07, 6.45) is 0. The van der Waals surface area contributed by atoms with Gasteiger partial charge in [0.15, 0.2) is 5.96 Å². The summed E-state index contributed by atoms with van der Waals surface area (Å²) in [5.74, 6) is 0.951. The smallest absolute Gasteiger partial charge is 0.193 e. The maximum atomic E-state index is 6.14. The van der Waals surface area contributed by atoms with E-state index in [1.165, 1.54) is 11.3 Å². The summed E-state index contributed by atoms with van der Waals surface area (Å²) in [5.41, 5.74) is 2.50. The van der Waals surface area contributed by atoms with Crippen LogP contribution in [-0.2, 0) is 4.74 Å². The molecule has 0 atom stereocenters. The Morgan fingerprint density at radius 1 is 1.30 bits per heavy atom. The van der Waals surface area contributed by atoms with Crippen molar-refractivity contribution in [2.75, 3.05) is 57.9 Å². The molecule has 1 aromatic rings. The first kappa shape index (κ1) is 17.9. The van der Waals surface area contributed by atoms with Crippen LogP contribution in [0, 0.1) is 6.92 Å². The molecule has 0 amide bonds. The minimum absolute atomic E-state index is 0.706. The Morgan fingerprint density at radius 2 is 2.04 bits per heavy atom. The van der Waals surface area contributed by atoms with Crippen LogP contribution in [-0.4, -0.2) is 63.8 Å². The van der Waals surface area contributed by atoms with Crippen LogP contribution in [0.5, 0.6) is 0 Å². The monoisotopic (exact) mass is 338 g/mol. The van der Waals surface area contributed by atoms with Gasteiger partial charge in [0.05, 0.1) is 6.61 Å². The first-order valence-corrected chi connectivity index (χ1v) is 8.58. The predicted molar refractivity (Wildman–Crippen MR) is 97.8 cm³/mol. The number of halogens is 1. The second-order valence-corrected chi connectivity index (χ2v) is 6.01. The van der Waals surface area contributed by atoms with Crippen LogP contribution < -0.4 is 10.2 Å². The molecule has 0 bridgehead atoms. The Labute approximate surface area is 144 Å². The lowest BCUT2D eigenvalue weighted by atomic mass is 10.1. The molecule has 23 heavy (non-hydrogen) atoms. The Morgan fingerprint density at radius 3 is 2.70 bits per heavy atom. The van der Waals surface area contributed by atoms with Gasteiger partial charge in [0.25, 0.3) is 0 Å². The highest BCUT2D eigenvalue weighted by Crippen LogP contribution is 2.25. The fourth-order valence-corrected chi connectivity index (χ4v) is 2.96. The van der Waals surface area contributed by atoms with Gasteiger partial charge in [0, 0.05) is 57.1 Å². The van der Waals surface area contributed by atoms with Gasteiger partial charge in [-0.15, -0.1) is 0 Å². The molecule has 1 aromatic carbocycles. The fraction of sp³-hybridized carbons (Fsp3) is 0.588. The van der Waals surface area contributed by atoms with E-state index in [0.717, 1.165) is 50.3 Å². The maximum absolute atomic E-state index is 6.14. The molecule has 5 nitrogen and oxygen atoms in total. The van der Waals surface area contributed by atoms with E-state index in [1.54, 1.807) is 0 Å². The number of aliphatic imine (C=N–C) groups is 1. The molecule has 1 N–H and O–H groups in total. The first-order valence-electron chi connectivity index (χ1n) is 8.20. The van der Waals surface area contributed by atoms with Crippen LogP contribution in [0.1, 0.15) is 12.5 Å². The molecular formula is C17H27ClN4O. The Bertz CT molecular complexity index is 527. The Kier molecular flexibility index (Phi) is 6.99. The summed E-state index contributed by atoms with van der Waals surface area (Å²) < 4.78 is 5.36. The zero-order valence-electron chi connectivity index (χ0n) is 14.3. The SMILES string of the molecule is CCOCCNC(=NC)N1CCN(c2cc(Cl)ccc2C)CC1. The Balaban J connectivity index is 1.88. The number of ether oxygens (including phenoxy) is 1. The molecular weight excluding hydrogens is 312 g/mol. The molecule has 0 unspecified atom stereocenters. The van der Waals surface area contributed by atoms with Crippen molar-refractivity contribution < 1.29 is 4.74 Å². The van der Waals surface area contributed by atoms with Crippen LogP contribution in [0.2, 0.25) is 5.02 Å². The molecule has 0 radical (unpaired) electrons. The van der Waals surface area contributed by atoms with Crippen LogP contribution in [0.25, 0.3) is 0 Å². The lowest BCUT2D eigenvalue weighted by Gasteiger charge is -2.38. The van der Waals surface area contributed by atoms with Crippen molar-refractivity contribution in [2.24, 2.45) is 4.99 Å². The average molecular weight is 339 g/mol. The molecule has 2 rings (SSSR count). The number of hydrogen-bond donors (Lipinski definition) is 1. The molecule has 0 saturated carbocycles. The molecule has 128 valence electrons. The van der Waals surface area contributed by atoms with Gasteiger partial charge >= 0.3 is 0 Å². The largest absolute Gasteiger partial charge is 0.380 e. The third kappa shape index (κ3) is 5.01. The number of hydrogen-bond acceptors (Lipinski definition) is 3. The molecule has 1 saturated heterocycles. The number of piperazine rings is 1. The van der Waals surface area contributed by atoms with E-state index >= 15 is 0 Å². The van der Waals surface area contributed by atoms with Crippen molar-refractivity contribution in [3.8, 4) is 0 Å². The van der Waals surface area contributed by atoms with E-state index in [4.69, 9.17) is 16.3 Å². The van der Waals surface area contributed by atoms with E-state index in [0.29, 0.717) is 6.61 Å². The number of benzene rings is 1. The highest BCUT2D eigenvalue weighted by atomic mass is 35.5. The normalized spacial score (nSPS) is 15.9. The molecule has 0 spiro atoms. The predicted octanol–water partition coefficient (Wildman–Crippen LogP) is 2.38. The second-order valence-electron chi connectivity index (χ2n) is 5.58. The molecule has 6 heteroatoms. The zero-order chi connectivity index (χ0) is 16.7. The van der Waals surface area contributed by atoms with Crippen molar-refractivity contribution in [3.63, 3.8) is 0 Å². The van der Waals surface area contributed by atoms with Crippen molar-refractivity contribution in [3.05, 3.63) is 28.8 Å². The van der Waals surface area contributed by atoms with E-state index < -0.39 is 0 Å². The third-order valence-electron chi connectivity index (χ3n) is 4.04. The molecule has 0 aliphatic carbocycles. The van der Waals surface area contributed by atoms with Crippen molar-refractivity contribution in [1.29, 1.82) is 0 Å². The molecule has 1 aliphatic rings. The average Bonchev–Trinajstić information content (AvgIpc) is 2.57. The first-order chi connectivity index (χ1) is 11.2. The number of anilines is 1. The van der Waals surface area contributed by atoms with E-state index in [1.807, 2.05) is 20.0 Å². The summed E-state index contributed by atoms with van der Waals surface area (Å²) in [4.78, 5) is 9.06. The van der Waals surface area contributed by atoms with Crippen molar-refractivity contribution >= 4 is 23.2 Å². The topological polar surface area (TPSA) is 40.1 Å². The van der Waals surface area contributed by atoms with Crippen LogP contribution in [0.3, 0.4) is 0 Å². The van der Waals surface area contributed by atoms with E-state index in [-0.39, 0.29) is 0 Å². The number of rotatable bonds is 5. The van der Waals surface area contributed by atoms with Gasteiger partial charge in [0.1, 0.15) is 0 Å². The molecule has 1 fully saturated rings. The summed E-state index contributed by atoms with van der Waals surface area (Å²) >= 11 is 6.14. The van der Waals surface area contributed by atoms with Crippen LogP contribution in [0.15, 0.2) is 23.2 Å². The minimum Gasteiger partial charge on any atom is -0.380 e. The lowest BCUT2D eigenvalue weighted by molar-refractivity contribution is 0.151. The van der Waals surface area contributed by atoms with Gasteiger partial charge in [-0.1, -0.05) is 17.7 Å². The second kappa shape index (κ2) is 8.99. The molecule has 1 heterocycles. The summed E-state index contributed by atoms with van der Waals surface area (Å²) in [6, 6.07) is 6.08. The van der Waals surface area contributed by atoms with Gasteiger partial charge in [-0.25, -0.2) is 0 Å². The van der Waals surface area contributed by atoms with E-state index in [2.05, 4.69) is 39.2 Å². The minimum atomic E-state index is 0.706. The highest BCUT2D eigenvalue weighted by molar-refractivity contribution is 6.30. The van der Waals surface area contributed by atoms with Gasteiger partial charge in [0.2, 0.25) is 0 Å². The fourth-order valence-electron chi connectivity index (χ4n) is 2.79. The third-order valence-corrected chi connectivity index (χ3v) is 4.27. The summed E-state index contributed by atoms with van der Waals surface area (Å²) in [5, 5.41) is 4.15. The van der Waals surface area contributed by atoms with Gasteiger partial charge < -0.3 is 19.9 Å². The van der Waals surface area contributed by atoms with Crippen LogP contribution >= 0.6 is 11.6 Å². The number of aryl methyl sites for hydroxylation is 1. The van der Waals surface area contributed by atoms with Crippen molar-refractivity contribution in [1.82, 2.24) is 10.2 Å². The zero-order valence-corrected chi connectivity index (χ0v) is 15.1. The van der Waals surface area contributed by atoms with Gasteiger partial charge in [-0.3, -0.25) is 4.99 Å². The molecule has 1 aliphatic heterocycles. The number of nitrogens with zero attached hydrogens (tertiary/aromatic N) is 3. The Hall–Kier alpha value is -1.46. The standard InChI is InChI=1S/C17H27ClN4O/c1-4-23-12-7-20-17(19-3)22-10-8-21(9-11-22)16-13-15(18)6-5-14(16)2/h5-6,13H,4,7-12H2,1-3H3,(H,19,20). The van der Waals surface area contributed by atoms with Gasteiger partial charge in [-0.05, 0) is 31.5 Å². The van der Waals surface area contributed by atoms with Crippen LogP contribution in [0.4, 0.5) is 5.69 Å². The maximum Gasteiger partial charge on any atom is 0.193 e. The highest BCUT2D eigenvalue weighted by Gasteiger charge is 2.20. The number of guanidine groups is 1. The lowest BCUT2D eigenvalue weighted by Crippen LogP contribution is -2.53. The van der Waals surface area contributed by atoms with Gasteiger partial charge in [-0.2, -0.15) is 0 Å². The number of nitrogens with one attached hydrogen (secondary N) is 1. The molecule has 0 aromatic heterocycles. The summed E-state index contributed by atoms with van der Waals surface area (Å²) in [6.45, 7) is 10.2.